The van der Waals surface area contributed by atoms with Gasteiger partial charge in [-0.3, -0.25) is 19.3 Å². The van der Waals surface area contributed by atoms with Crippen molar-refractivity contribution in [3.8, 4) is 0 Å². The zero-order valence-corrected chi connectivity index (χ0v) is 17.2. The third-order valence-electron chi connectivity index (χ3n) is 4.84. The lowest BCUT2D eigenvalue weighted by atomic mass is 10.1. The summed E-state index contributed by atoms with van der Waals surface area (Å²) in [6.45, 7) is 4.16. The number of hydrogen-bond acceptors (Lipinski definition) is 7. The van der Waals surface area contributed by atoms with Crippen molar-refractivity contribution in [2.45, 2.75) is 26.9 Å². The first kappa shape index (κ1) is 20.0. The zero-order valence-electron chi connectivity index (χ0n) is 16.4. The Morgan fingerprint density at radius 1 is 1.17 bits per heavy atom. The Labute approximate surface area is 175 Å². The highest BCUT2D eigenvalue weighted by atomic mass is 32.1. The van der Waals surface area contributed by atoms with Gasteiger partial charge in [0.2, 0.25) is 0 Å². The number of fused-ring (bicyclic) bond motifs is 2. The number of ether oxygens (including phenoxy) is 1. The van der Waals surface area contributed by atoms with E-state index in [1.54, 1.807) is 11.4 Å². The number of nitrogens with zero attached hydrogens (tertiary/aromatic N) is 2. The van der Waals surface area contributed by atoms with Crippen LogP contribution in [0.4, 0.5) is 0 Å². The van der Waals surface area contributed by atoms with Crippen LogP contribution in [0.5, 0.6) is 0 Å². The fourth-order valence-corrected chi connectivity index (χ4v) is 3.94. The summed E-state index contributed by atoms with van der Waals surface area (Å²) < 4.78 is 5.75. The number of nitrogens with one attached hydrogen (secondary N) is 1. The van der Waals surface area contributed by atoms with E-state index >= 15 is 0 Å². The van der Waals surface area contributed by atoms with Gasteiger partial charge >= 0.3 is 5.97 Å². The van der Waals surface area contributed by atoms with Gasteiger partial charge in [0.1, 0.15) is 17.1 Å². The minimum atomic E-state index is -0.674. The molecule has 0 unspecified atom stereocenters. The van der Waals surface area contributed by atoms with E-state index in [2.05, 4.69) is 9.97 Å². The number of aromatic nitrogens is 2. The lowest BCUT2D eigenvalue weighted by Gasteiger charge is -2.14. The molecule has 0 bridgehead atoms. The fraction of sp³-hybridized carbons (Fsp3) is 0.286. The predicted molar refractivity (Wildman–Crippen MR) is 111 cm³/mol. The maximum atomic E-state index is 12.6. The van der Waals surface area contributed by atoms with Crippen molar-refractivity contribution in [3.63, 3.8) is 0 Å². The third kappa shape index (κ3) is 3.63. The molecule has 0 saturated carbocycles. The Bertz CT molecular complexity index is 1230. The third-order valence-corrected chi connectivity index (χ3v) is 5.74. The molecule has 0 fully saturated rings. The van der Waals surface area contributed by atoms with Crippen molar-refractivity contribution in [2.75, 3.05) is 6.54 Å². The Balaban J connectivity index is 1.49. The van der Waals surface area contributed by atoms with Crippen molar-refractivity contribution in [3.05, 3.63) is 62.5 Å². The van der Waals surface area contributed by atoms with E-state index in [0.29, 0.717) is 29.1 Å². The maximum Gasteiger partial charge on any atom is 0.338 e. The van der Waals surface area contributed by atoms with Gasteiger partial charge in [-0.25, -0.2) is 9.78 Å². The Morgan fingerprint density at radius 2 is 1.93 bits per heavy atom. The minimum Gasteiger partial charge on any atom is -0.454 e. The second-order valence-electron chi connectivity index (χ2n) is 7.43. The number of rotatable bonds is 6. The number of carbonyl (C=O) groups excluding carboxylic acids is 3. The molecule has 9 heteroatoms. The van der Waals surface area contributed by atoms with Crippen LogP contribution in [0, 0.1) is 5.92 Å². The fourth-order valence-electron chi connectivity index (χ4n) is 3.22. The van der Waals surface area contributed by atoms with E-state index in [9.17, 15) is 19.2 Å². The molecule has 1 N–H and O–H groups in total. The van der Waals surface area contributed by atoms with E-state index in [1.165, 1.54) is 34.4 Å². The smallest absolute Gasteiger partial charge is 0.338 e. The lowest BCUT2D eigenvalue weighted by Crippen LogP contribution is -2.31. The van der Waals surface area contributed by atoms with Gasteiger partial charge in [0, 0.05) is 6.54 Å². The highest BCUT2D eigenvalue weighted by molar-refractivity contribution is 7.17. The SMILES string of the molecule is CC(C)CCN1C(=O)c2ccc(C(=O)OCc3nc4ccsc4c(=O)[nH]3)cc2C1=O. The molecule has 3 heterocycles. The highest BCUT2D eigenvalue weighted by Crippen LogP contribution is 2.25. The average Bonchev–Trinajstić information content (AvgIpc) is 3.28. The molecule has 0 atom stereocenters. The summed E-state index contributed by atoms with van der Waals surface area (Å²) in [6.07, 6.45) is 0.708. The number of thiophene rings is 1. The van der Waals surface area contributed by atoms with Crippen molar-refractivity contribution in [1.29, 1.82) is 0 Å². The minimum absolute atomic E-state index is 0.152. The standard InChI is InChI=1S/C21H19N3O5S/c1-11(2)5-7-24-19(26)13-4-3-12(9-14(13)20(24)27)21(28)29-10-16-22-15-6-8-30-17(15)18(25)23-16/h3-4,6,8-9,11H,5,7,10H2,1-2H3,(H,22,23,25). The van der Waals surface area contributed by atoms with Gasteiger partial charge in [0.05, 0.1) is 22.2 Å². The second-order valence-corrected chi connectivity index (χ2v) is 8.34. The molecule has 4 rings (SSSR count). The molecule has 8 nitrogen and oxygen atoms in total. The first-order valence-electron chi connectivity index (χ1n) is 9.49. The molecule has 0 spiro atoms. The van der Waals surface area contributed by atoms with Crippen molar-refractivity contribution in [2.24, 2.45) is 5.92 Å². The number of amides is 2. The van der Waals surface area contributed by atoms with Crippen LogP contribution < -0.4 is 5.56 Å². The largest absolute Gasteiger partial charge is 0.454 e. The Morgan fingerprint density at radius 3 is 2.70 bits per heavy atom. The zero-order chi connectivity index (χ0) is 21.4. The van der Waals surface area contributed by atoms with Gasteiger partial charge in [-0.2, -0.15) is 0 Å². The normalized spacial score (nSPS) is 13.4. The van der Waals surface area contributed by atoms with Crippen molar-refractivity contribution < 1.29 is 19.1 Å². The van der Waals surface area contributed by atoms with Crippen LogP contribution in [0.2, 0.25) is 0 Å². The van der Waals surface area contributed by atoms with Gasteiger partial charge in [-0.1, -0.05) is 13.8 Å². The summed E-state index contributed by atoms with van der Waals surface area (Å²) in [5, 5.41) is 1.76. The molecular weight excluding hydrogens is 406 g/mol. The number of esters is 1. The van der Waals surface area contributed by atoms with E-state index < -0.39 is 11.9 Å². The van der Waals surface area contributed by atoms with Crippen LogP contribution in [0.15, 0.2) is 34.4 Å². The summed E-state index contributed by atoms with van der Waals surface area (Å²) >= 11 is 1.28. The van der Waals surface area contributed by atoms with Crippen molar-refractivity contribution >= 4 is 39.3 Å². The maximum absolute atomic E-state index is 12.6. The molecule has 2 aromatic heterocycles. The van der Waals surface area contributed by atoms with Gasteiger partial charge in [0.15, 0.2) is 0 Å². The van der Waals surface area contributed by atoms with Crippen molar-refractivity contribution in [1.82, 2.24) is 14.9 Å². The van der Waals surface area contributed by atoms with Crippen LogP contribution >= 0.6 is 11.3 Å². The number of aromatic amines is 1. The number of hydrogen-bond donors (Lipinski definition) is 1. The molecule has 0 radical (unpaired) electrons. The lowest BCUT2D eigenvalue weighted by molar-refractivity contribution is 0.0462. The summed E-state index contributed by atoms with van der Waals surface area (Å²) in [6, 6.07) is 6.02. The monoisotopic (exact) mass is 425 g/mol. The van der Waals surface area contributed by atoms with Crippen LogP contribution in [0.3, 0.4) is 0 Å². The molecule has 3 aromatic rings. The summed E-state index contributed by atoms with van der Waals surface area (Å²) in [4.78, 5) is 57.6. The van der Waals surface area contributed by atoms with Crippen LogP contribution in [-0.4, -0.2) is 39.2 Å². The quantitative estimate of drug-likeness (QED) is 0.480. The van der Waals surface area contributed by atoms with Gasteiger partial charge in [0.25, 0.3) is 17.4 Å². The summed E-state index contributed by atoms with van der Waals surface area (Å²) in [5.74, 6) is -0.841. The van der Waals surface area contributed by atoms with Crippen LogP contribution in [0.25, 0.3) is 10.2 Å². The Hall–Kier alpha value is -3.33. The second kappa shape index (κ2) is 7.83. The van der Waals surface area contributed by atoms with Crippen LogP contribution in [-0.2, 0) is 11.3 Å². The molecule has 0 saturated heterocycles. The van der Waals surface area contributed by atoms with E-state index in [0.717, 1.165) is 0 Å². The molecule has 1 aliphatic heterocycles. The molecular formula is C21H19N3O5S. The molecule has 30 heavy (non-hydrogen) atoms. The summed E-state index contributed by atoms with van der Waals surface area (Å²) in [5.41, 5.74) is 0.889. The van der Waals surface area contributed by atoms with Gasteiger partial charge < -0.3 is 9.72 Å². The Kier molecular flexibility index (Phi) is 5.21. The number of carbonyl (C=O) groups is 3. The number of benzene rings is 1. The predicted octanol–water partition coefficient (Wildman–Crippen LogP) is 2.98. The first-order valence-corrected chi connectivity index (χ1v) is 10.4. The number of imide groups is 1. The number of H-pyrrole nitrogens is 1. The van der Waals surface area contributed by atoms with Crippen LogP contribution in [0.1, 0.15) is 57.2 Å². The van der Waals surface area contributed by atoms with E-state index in [1.807, 2.05) is 13.8 Å². The van der Waals surface area contributed by atoms with Gasteiger partial charge in [-0.05, 0) is 42.0 Å². The topological polar surface area (TPSA) is 109 Å². The average molecular weight is 425 g/mol. The summed E-state index contributed by atoms with van der Waals surface area (Å²) in [7, 11) is 0. The van der Waals surface area contributed by atoms with E-state index in [4.69, 9.17) is 4.74 Å². The molecule has 1 aromatic carbocycles. The molecule has 1 aliphatic rings. The molecule has 154 valence electrons. The van der Waals surface area contributed by atoms with Gasteiger partial charge in [-0.15, -0.1) is 11.3 Å². The molecule has 0 aliphatic carbocycles. The van der Waals surface area contributed by atoms with E-state index in [-0.39, 0.29) is 40.6 Å². The molecule has 2 amide bonds. The highest BCUT2D eigenvalue weighted by Gasteiger charge is 2.35. The first-order chi connectivity index (χ1) is 14.3.